The Morgan fingerprint density at radius 2 is 2.33 bits per heavy atom. The predicted octanol–water partition coefficient (Wildman–Crippen LogP) is 1.21. The van der Waals surface area contributed by atoms with E-state index in [0.717, 1.165) is 12.8 Å². The third kappa shape index (κ3) is 1.62. The lowest BCUT2D eigenvalue weighted by atomic mass is 9.48. The van der Waals surface area contributed by atoms with Gasteiger partial charge in [0.05, 0.1) is 6.10 Å². The first-order valence-corrected chi connectivity index (χ1v) is 6.68. The molecule has 4 nitrogen and oxygen atoms in total. The second-order valence-electron chi connectivity index (χ2n) is 6.18. The van der Waals surface area contributed by atoms with Gasteiger partial charge in [-0.15, -0.1) is 6.58 Å². The Labute approximate surface area is 109 Å². The average molecular weight is 252 g/mol. The van der Waals surface area contributed by atoms with Crippen LogP contribution in [-0.2, 0) is 9.53 Å². The summed E-state index contributed by atoms with van der Waals surface area (Å²) in [7, 11) is 0. The molecule has 1 heterocycles. The second kappa shape index (κ2) is 4.35. The number of hydrogen-bond acceptors (Lipinski definition) is 3. The number of carbonyl (C=O) groups excluding carboxylic acids is 1. The molecular formula is C14H24N2O2. The SMILES string of the molecule is C=CCC(C)NC(=O)C1(N)C2CCOC2C1(C)C. The molecule has 0 aromatic rings. The summed E-state index contributed by atoms with van der Waals surface area (Å²) < 4.78 is 5.69. The zero-order valence-corrected chi connectivity index (χ0v) is 11.5. The van der Waals surface area contributed by atoms with Crippen molar-refractivity contribution in [2.75, 3.05) is 6.61 Å². The number of nitrogens with two attached hydrogens (primary N) is 1. The van der Waals surface area contributed by atoms with Crippen molar-refractivity contribution in [2.24, 2.45) is 17.1 Å². The highest BCUT2D eigenvalue weighted by molar-refractivity contribution is 5.89. The van der Waals surface area contributed by atoms with E-state index in [1.807, 2.05) is 26.8 Å². The maximum absolute atomic E-state index is 12.5. The minimum absolute atomic E-state index is 0.0476. The highest BCUT2D eigenvalue weighted by atomic mass is 16.5. The first-order chi connectivity index (χ1) is 8.35. The summed E-state index contributed by atoms with van der Waals surface area (Å²) in [4.78, 5) is 12.5. The third-order valence-corrected chi connectivity index (χ3v) is 4.73. The molecule has 1 saturated carbocycles. The van der Waals surface area contributed by atoms with Gasteiger partial charge in [-0.05, 0) is 19.8 Å². The van der Waals surface area contributed by atoms with E-state index in [0.29, 0.717) is 6.61 Å². The van der Waals surface area contributed by atoms with Crippen molar-refractivity contribution < 1.29 is 9.53 Å². The highest BCUT2D eigenvalue weighted by Gasteiger charge is 2.71. The maximum Gasteiger partial charge on any atom is 0.241 e. The molecule has 2 rings (SSSR count). The summed E-state index contributed by atoms with van der Waals surface area (Å²) in [6.45, 7) is 10.4. The van der Waals surface area contributed by atoms with E-state index in [1.54, 1.807) is 0 Å². The van der Waals surface area contributed by atoms with Gasteiger partial charge in [-0.3, -0.25) is 4.79 Å². The lowest BCUT2D eigenvalue weighted by molar-refractivity contribution is -0.175. The highest BCUT2D eigenvalue weighted by Crippen LogP contribution is 2.58. The van der Waals surface area contributed by atoms with Crippen LogP contribution in [-0.4, -0.2) is 30.2 Å². The van der Waals surface area contributed by atoms with Crippen molar-refractivity contribution in [1.29, 1.82) is 0 Å². The summed E-state index contributed by atoms with van der Waals surface area (Å²) in [5.74, 6) is 0.108. The van der Waals surface area contributed by atoms with Crippen LogP contribution >= 0.6 is 0 Å². The minimum Gasteiger partial charge on any atom is -0.377 e. The molecule has 0 radical (unpaired) electrons. The Morgan fingerprint density at radius 1 is 1.67 bits per heavy atom. The van der Waals surface area contributed by atoms with Gasteiger partial charge in [0.2, 0.25) is 5.91 Å². The van der Waals surface area contributed by atoms with Crippen LogP contribution in [0.2, 0.25) is 0 Å². The molecule has 0 aromatic carbocycles. The van der Waals surface area contributed by atoms with E-state index in [2.05, 4.69) is 11.9 Å². The number of carbonyl (C=O) groups is 1. The van der Waals surface area contributed by atoms with E-state index in [1.165, 1.54) is 0 Å². The second-order valence-corrected chi connectivity index (χ2v) is 6.18. The maximum atomic E-state index is 12.5. The van der Waals surface area contributed by atoms with Gasteiger partial charge in [0.1, 0.15) is 5.54 Å². The Morgan fingerprint density at radius 3 is 2.94 bits per heavy atom. The van der Waals surface area contributed by atoms with Gasteiger partial charge in [0.25, 0.3) is 0 Å². The molecule has 2 fully saturated rings. The molecule has 1 aliphatic heterocycles. The van der Waals surface area contributed by atoms with E-state index >= 15 is 0 Å². The fourth-order valence-electron chi connectivity index (χ4n) is 3.50. The van der Waals surface area contributed by atoms with E-state index in [9.17, 15) is 4.79 Å². The summed E-state index contributed by atoms with van der Waals surface area (Å²) in [5.41, 5.74) is 5.33. The lowest BCUT2D eigenvalue weighted by Crippen LogP contribution is -2.80. The number of ether oxygens (including phenoxy) is 1. The zero-order chi connectivity index (χ0) is 13.6. The number of amides is 1. The number of nitrogens with one attached hydrogen (secondary N) is 1. The number of hydrogen-bond donors (Lipinski definition) is 2. The largest absolute Gasteiger partial charge is 0.377 e. The summed E-state index contributed by atoms with van der Waals surface area (Å²) in [6, 6.07) is 0.0765. The normalized spacial score (nSPS) is 38.4. The van der Waals surface area contributed by atoms with Crippen LogP contribution in [0.3, 0.4) is 0 Å². The van der Waals surface area contributed by atoms with Crippen LogP contribution in [0.15, 0.2) is 12.7 Å². The van der Waals surface area contributed by atoms with Gasteiger partial charge >= 0.3 is 0 Å². The van der Waals surface area contributed by atoms with Crippen molar-refractivity contribution in [3.8, 4) is 0 Å². The lowest BCUT2D eigenvalue weighted by Gasteiger charge is -2.60. The van der Waals surface area contributed by atoms with Crippen LogP contribution in [0.5, 0.6) is 0 Å². The number of fused-ring (bicyclic) bond motifs is 1. The molecule has 18 heavy (non-hydrogen) atoms. The van der Waals surface area contributed by atoms with Crippen LogP contribution < -0.4 is 11.1 Å². The van der Waals surface area contributed by atoms with Crippen molar-refractivity contribution in [3.63, 3.8) is 0 Å². The van der Waals surface area contributed by atoms with Gasteiger partial charge in [-0.1, -0.05) is 19.9 Å². The molecule has 102 valence electrons. The summed E-state index contributed by atoms with van der Waals surface area (Å²) in [5, 5.41) is 3.00. The van der Waals surface area contributed by atoms with Crippen molar-refractivity contribution in [3.05, 3.63) is 12.7 Å². The van der Waals surface area contributed by atoms with Crippen molar-refractivity contribution in [2.45, 2.75) is 51.3 Å². The molecule has 0 bridgehead atoms. The number of rotatable bonds is 4. The van der Waals surface area contributed by atoms with Gasteiger partial charge in [-0.2, -0.15) is 0 Å². The molecule has 2 aliphatic rings. The smallest absolute Gasteiger partial charge is 0.241 e. The monoisotopic (exact) mass is 252 g/mol. The molecular weight excluding hydrogens is 228 g/mol. The summed E-state index contributed by atoms with van der Waals surface area (Å²) in [6.07, 6.45) is 3.57. The van der Waals surface area contributed by atoms with Gasteiger partial charge < -0.3 is 15.8 Å². The molecule has 3 N–H and O–H groups in total. The van der Waals surface area contributed by atoms with Crippen molar-refractivity contribution >= 4 is 5.91 Å². The Balaban J connectivity index is 2.11. The van der Waals surface area contributed by atoms with Crippen LogP contribution in [0.25, 0.3) is 0 Å². The third-order valence-electron chi connectivity index (χ3n) is 4.73. The van der Waals surface area contributed by atoms with Crippen molar-refractivity contribution in [1.82, 2.24) is 5.32 Å². The molecule has 0 aromatic heterocycles. The fraction of sp³-hybridized carbons (Fsp3) is 0.786. The topological polar surface area (TPSA) is 64.4 Å². The standard InChI is InChI=1S/C14H24N2O2/c1-5-6-9(2)16-12(17)14(15)10-7-8-18-11(10)13(14,3)4/h5,9-11H,1,6-8,15H2,2-4H3,(H,16,17). The molecule has 1 amide bonds. The first-order valence-electron chi connectivity index (χ1n) is 6.68. The predicted molar refractivity (Wildman–Crippen MR) is 71.0 cm³/mol. The first kappa shape index (κ1) is 13.6. The molecule has 1 aliphatic carbocycles. The van der Waals surface area contributed by atoms with Crippen LogP contribution in [0.4, 0.5) is 0 Å². The Hall–Kier alpha value is -0.870. The van der Waals surface area contributed by atoms with E-state index in [-0.39, 0.29) is 29.4 Å². The molecule has 4 heteroatoms. The van der Waals surface area contributed by atoms with Gasteiger partial charge in [0.15, 0.2) is 0 Å². The zero-order valence-electron chi connectivity index (χ0n) is 11.5. The molecule has 4 atom stereocenters. The van der Waals surface area contributed by atoms with E-state index < -0.39 is 5.54 Å². The Bertz CT molecular complexity index is 367. The molecule has 4 unspecified atom stereocenters. The molecule has 0 spiro atoms. The van der Waals surface area contributed by atoms with E-state index in [4.69, 9.17) is 10.5 Å². The van der Waals surface area contributed by atoms with Crippen LogP contribution in [0, 0.1) is 11.3 Å². The minimum atomic E-state index is -0.802. The molecule has 1 saturated heterocycles. The summed E-state index contributed by atoms with van der Waals surface area (Å²) >= 11 is 0. The fourth-order valence-corrected chi connectivity index (χ4v) is 3.50. The average Bonchev–Trinajstić information content (AvgIpc) is 2.75. The van der Waals surface area contributed by atoms with Gasteiger partial charge in [-0.25, -0.2) is 0 Å². The van der Waals surface area contributed by atoms with Gasteiger partial charge in [0, 0.05) is 24.0 Å². The quantitative estimate of drug-likeness (QED) is 0.739. The van der Waals surface area contributed by atoms with Crippen LogP contribution in [0.1, 0.15) is 33.6 Å². The Kier molecular flexibility index (Phi) is 3.28.